The number of benzene rings is 3. The number of nitrogens with zero attached hydrogens (tertiary/aromatic N) is 1. The SMILES string of the molecule is CC(=O)c1ccc2nc(/C=C/c3ccccc3)cc(C(=O)NC(=S)Nc3cccc(C)c3)c2c1. The largest absolute Gasteiger partial charge is 0.332 e. The van der Waals surface area contributed by atoms with E-state index in [9.17, 15) is 9.59 Å². The van der Waals surface area contributed by atoms with Crippen molar-refractivity contribution in [3.8, 4) is 0 Å². The number of fused-ring (bicyclic) bond motifs is 1. The zero-order valence-electron chi connectivity index (χ0n) is 18.8. The lowest BCUT2D eigenvalue weighted by Gasteiger charge is -2.12. The standard InChI is InChI=1S/C28H23N3O2S/c1-18-7-6-10-22(15-18)30-28(34)31-27(33)25-17-23(13-11-20-8-4-3-5-9-20)29-26-14-12-21(19(2)32)16-24(25)26/h3-17H,1-2H3,(H2,30,31,33,34)/b13-11+. The summed E-state index contributed by atoms with van der Waals surface area (Å²) < 4.78 is 0. The van der Waals surface area contributed by atoms with Crippen molar-refractivity contribution in [3.05, 3.63) is 107 Å². The van der Waals surface area contributed by atoms with Crippen molar-refractivity contribution in [3.63, 3.8) is 0 Å². The van der Waals surface area contributed by atoms with Gasteiger partial charge in [-0.25, -0.2) is 4.98 Å². The predicted molar refractivity (Wildman–Crippen MR) is 142 cm³/mol. The number of hydrogen-bond acceptors (Lipinski definition) is 4. The molecule has 0 bridgehead atoms. The van der Waals surface area contributed by atoms with Crippen LogP contribution in [0.1, 0.15) is 44.5 Å². The molecular weight excluding hydrogens is 442 g/mol. The maximum absolute atomic E-state index is 13.3. The summed E-state index contributed by atoms with van der Waals surface area (Å²) in [7, 11) is 0. The van der Waals surface area contributed by atoms with Crippen LogP contribution < -0.4 is 10.6 Å². The fourth-order valence-corrected chi connectivity index (χ4v) is 3.75. The molecule has 0 fully saturated rings. The molecule has 3 aromatic carbocycles. The van der Waals surface area contributed by atoms with Gasteiger partial charge in [-0.2, -0.15) is 0 Å². The van der Waals surface area contributed by atoms with Gasteiger partial charge in [0, 0.05) is 16.6 Å². The molecule has 0 radical (unpaired) electrons. The maximum Gasteiger partial charge on any atom is 0.258 e. The Morgan fingerprint density at radius 3 is 2.44 bits per heavy atom. The molecule has 0 saturated heterocycles. The van der Waals surface area contributed by atoms with E-state index >= 15 is 0 Å². The van der Waals surface area contributed by atoms with Crippen LogP contribution in [0.5, 0.6) is 0 Å². The number of nitrogens with one attached hydrogen (secondary N) is 2. The summed E-state index contributed by atoms with van der Waals surface area (Å²) in [5.74, 6) is -0.467. The Balaban J connectivity index is 1.68. The molecule has 4 aromatic rings. The third kappa shape index (κ3) is 5.60. The van der Waals surface area contributed by atoms with Crippen molar-refractivity contribution in [1.82, 2.24) is 10.3 Å². The van der Waals surface area contributed by atoms with Gasteiger partial charge < -0.3 is 5.32 Å². The number of rotatable bonds is 5. The van der Waals surface area contributed by atoms with Gasteiger partial charge in [0.25, 0.3) is 5.91 Å². The molecule has 5 nitrogen and oxygen atoms in total. The first kappa shape index (κ1) is 23.0. The minimum absolute atomic E-state index is 0.0852. The molecule has 0 aliphatic heterocycles. The van der Waals surface area contributed by atoms with Crippen LogP contribution >= 0.6 is 12.2 Å². The first-order chi connectivity index (χ1) is 16.4. The zero-order valence-corrected chi connectivity index (χ0v) is 19.6. The maximum atomic E-state index is 13.3. The normalized spacial score (nSPS) is 10.9. The molecule has 0 atom stereocenters. The minimum Gasteiger partial charge on any atom is -0.332 e. The fraction of sp³-hybridized carbons (Fsp3) is 0.0714. The summed E-state index contributed by atoms with van der Waals surface area (Å²) in [4.78, 5) is 29.9. The molecule has 4 rings (SSSR count). The number of aromatic nitrogens is 1. The molecule has 1 amide bonds. The van der Waals surface area contributed by atoms with E-state index in [1.54, 1.807) is 24.3 Å². The van der Waals surface area contributed by atoms with E-state index in [4.69, 9.17) is 12.2 Å². The monoisotopic (exact) mass is 465 g/mol. The molecule has 1 heterocycles. The van der Waals surface area contributed by atoms with Gasteiger partial charge >= 0.3 is 0 Å². The van der Waals surface area contributed by atoms with Crippen LogP contribution in [-0.2, 0) is 0 Å². The Kier molecular flexibility index (Phi) is 6.90. The number of Topliss-reactive ketones (excluding diaryl/α,β-unsaturated/α-hetero) is 1. The van der Waals surface area contributed by atoms with E-state index in [-0.39, 0.29) is 16.8 Å². The van der Waals surface area contributed by atoms with Gasteiger partial charge in [-0.3, -0.25) is 14.9 Å². The summed E-state index contributed by atoms with van der Waals surface area (Å²) in [6.45, 7) is 3.47. The van der Waals surface area contributed by atoms with Gasteiger partial charge in [0.2, 0.25) is 0 Å². The van der Waals surface area contributed by atoms with Crippen molar-refractivity contribution in [1.29, 1.82) is 0 Å². The summed E-state index contributed by atoms with van der Waals surface area (Å²) in [5, 5.41) is 6.56. The summed E-state index contributed by atoms with van der Waals surface area (Å²) >= 11 is 5.37. The second kappa shape index (κ2) is 10.2. The Morgan fingerprint density at radius 1 is 0.912 bits per heavy atom. The third-order valence-electron chi connectivity index (χ3n) is 5.23. The van der Waals surface area contributed by atoms with Gasteiger partial charge in [0.1, 0.15) is 0 Å². The molecule has 2 N–H and O–H groups in total. The van der Waals surface area contributed by atoms with E-state index in [1.165, 1.54) is 6.92 Å². The van der Waals surface area contributed by atoms with Crippen LogP contribution in [0, 0.1) is 6.92 Å². The number of hydrogen-bond donors (Lipinski definition) is 2. The molecular formula is C28H23N3O2S. The topological polar surface area (TPSA) is 71.1 Å². The van der Waals surface area contributed by atoms with E-state index < -0.39 is 0 Å². The Morgan fingerprint density at radius 2 is 1.71 bits per heavy atom. The molecule has 0 unspecified atom stereocenters. The van der Waals surface area contributed by atoms with Crippen LogP contribution in [0.2, 0.25) is 0 Å². The lowest BCUT2D eigenvalue weighted by Crippen LogP contribution is -2.34. The highest BCUT2D eigenvalue weighted by Gasteiger charge is 2.15. The summed E-state index contributed by atoms with van der Waals surface area (Å²) in [5.41, 5.74) is 5.01. The lowest BCUT2D eigenvalue weighted by atomic mass is 10.0. The lowest BCUT2D eigenvalue weighted by molar-refractivity contribution is 0.0976. The Hall–Kier alpha value is -4.16. The van der Waals surface area contributed by atoms with Gasteiger partial charge in [0.05, 0.1) is 16.8 Å². The Bertz CT molecular complexity index is 1430. The quantitative estimate of drug-likeness (QED) is 0.278. The van der Waals surface area contributed by atoms with Crippen LogP contribution in [0.25, 0.3) is 23.1 Å². The smallest absolute Gasteiger partial charge is 0.258 e. The molecule has 6 heteroatoms. The fourth-order valence-electron chi connectivity index (χ4n) is 3.54. The highest BCUT2D eigenvalue weighted by molar-refractivity contribution is 7.80. The average molecular weight is 466 g/mol. The summed E-state index contributed by atoms with van der Waals surface area (Å²) in [6.07, 6.45) is 3.79. The van der Waals surface area contributed by atoms with Gasteiger partial charge in [-0.1, -0.05) is 48.5 Å². The van der Waals surface area contributed by atoms with Crippen LogP contribution in [0.15, 0.2) is 78.9 Å². The second-order valence-corrected chi connectivity index (χ2v) is 8.31. The summed E-state index contributed by atoms with van der Waals surface area (Å²) in [6, 6.07) is 24.4. The number of carbonyl (C=O) groups is 2. The van der Waals surface area contributed by atoms with Gasteiger partial charge in [-0.15, -0.1) is 0 Å². The van der Waals surface area contributed by atoms with Crippen molar-refractivity contribution in [2.24, 2.45) is 0 Å². The molecule has 0 aliphatic rings. The molecule has 168 valence electrons. The third-order valence-corrected chi connectivity index (χ3v) is 5.43. The molecule has 0 spiro atoms. The van der Waals surface area contributed by atoms with Gasteiger partial charge in [-0.05, 0) is 79.7 Å². The van der Waals surface area contributed by atoms with Crippen molar-refractivity contribution >= 4 is 57.8 Å². The van der Waals surface area contributed by atoms with E-state index in [1.807, 2.05) is 73.7 Å². The zero-order chi connectivity index (χ0) is 24.1. The number of carbonyl (C=O) groups excluding carboxylic acids is 2. The van der Waals surface area contributed by atoms with E-state index in [0.717, 1.165) is 16.8 Å². The number of aryl methyl sites for hydroxylation is 1. The van der Waals surface area contributed by atoms with E-state index in [0.29, 0.717) is 27.7 Å². The number of anilines is 1. The van der Waals surface area contributed by atoms with Crippen molar-refractivity contribution < 1.29 is 9.59 Å². The van der Waals surface area contributed by atoms with E-state index in [2.05, 4.69) is 15.6 Å². The number of pyridine rings is 1. The molecule has 1 aromatic heterocycles. The average Bonchev–Trinajstić information content (AvgIpc) is 2.82. The first-order valence-electron chi connectivity index (χ1n) is 10.8. The molecule has 0 saturated carbocycles. The van der Waals surface area contributed by atoms with Crippen molar-refractivity contribution in [2.75, 3.05) is 5.32 Å². The number of thiocarbonyl (C=S) groups is 1. The van der Waals surface area contributed by atoms with Crippen LogP contribution in [0.4, 0.5) is 5.69 Å². The first-order valence-corrected chi connectivity index (χ1v) is 11.2. The highest BCUT2D eigenvalue weighted by Crippen LogP contribution is 2.22. The van der Waals surface area contributed by atoms with Crippen LogP contribution in [-0.4, -0.2) is 21.8 Å². The van der Waals surface area contributed by atoms with Gasteiger partial charge in [0.15, 0.2) is 10.9 Å². The second-order valence-electron chi connectivity index (χ2n) is 7.90. The van der Waals surface area contributed by atoms with Crippen molar-refractivity contribution in [2.45, 2.75) is 13.8 Å². The molecule has 34 heavy (non-hydrogen) atoms. The van der Waals surface area contributed by atoms with Crippen LogP contribution in [0.3, 0.4) is 0 Å². The molecule has 0 aliphatic carbocycles. The number of ketones is 1. The highest BCUT2D eigenvalue weighted by atomic mass is 32.1. The minimum atomic E-state index is -0.382. The number of amides is 1. The predicted octanol–water partition coefficient (Wildman–Crippen LogP) is 6.04. The Labute approximate surface area is 203 Å².